The molecule has 1 aromatic carbocycles. The predicted octanol–water partition coefficient (Wildman–Crippen LogP) is 0.129. The quantitative estimate of drug-likeness (QED) is 0.714. The molecule has 25 heavy (non-hydrogen) atoms. The van der Waals surface area contributed by atoms with Gasteiger partial charge in [-0.05, 0) is 17.6 Å². The number of aryl methyl sites for hydroxylation is 1. The highest BCUT2D eigenvalue weighted by Crippen LogP contribution is 2.22. The van der Waals surface area contributed by atoms with E-state index in [9.17, 15) is 9.59 Å². The Kier molecular flexibility index (Phi) is 5.24. The zero-order chi connectivity index (χ0) is 17.6. The fourth-order valence-corrected chi connectivity index (χ4v) is 2.48. The molecular formula is C16H18N4O5. The van der Waals surface area contributed by atoms with Crippen LogP contribution in [0.1, 0.15) is 17.3 Å². The van der Waals surface area contributed by atoms with Gasteiger partial charge in [0.15, 0.2) is 6.10 Å². The molecule has 9 nitrogen and oxygen atoms in total. The number of aromatic nitrogens is 2. The van der Waals surface area contributed by atoms with Gasteiger partial charge in [0.05, 0.1) is 12.6 Å². The summed E-state index contributed by atoms with van der Waals surface area (Å²) in [7, 11) is 0. The van der Waals surface area contributed by atoms with E-state index in [4.69, 9.17) is 9.47 Å². The Morgan fingerprint density at radius 2 is 2.16 bits per heavy atom. The molecule has 9 heteroatoms. The van der Waals surface area contributed by atoms with Crippen molar-refractivity contribution in [2.75, 3.05) is 19.8 Å². The number of benzene rings is 1. The number of amides is 2. The van der Waals surface area contributed by atoms with E-state index in [-0.39, 0.29) is 37.5 Å². The molecule has 0 radical (unpaired) electrons. The van der Waals surface area contributed by atoms with Crippen molar-refractivity contribution in [3.8, 4) is 5.88 Å². The standard InChI is InChI=1S/C16H18N4O5/c1-10-16(20-25-19-10)23-8-7-17-15(22)14-13(18-12(21)9-24-14)11-5-3-2-4-6-11/h2-6,13-14H,7-9H2,1H3,(H,17,22)(H,18,21)/t13-,14+/m1/s1. The number of hydrogen-bond donors (Lipinski definition) is 2. The summed E-state index contributed by atoms with van der Waals surface area (Å²) in [4.78, 5) is 24.1. The van der Waals surface area contributed by atoms with Crippen molar-refractivity contribution < 1.29 is 23.7 Å². The van der Waals surface area contributed by atoms with E-state index in [1.54, 1.807) is 6.92 Å². The number of nitrogens with zero attached hydrogens (tertiary/aromatic N) is 2. The number of morpholine rings is 1. The maximum Gasteiger partial charge on any atom is 0.278 e. The van der Waals surface area contributed by atoms with Crippen molar-refractivity contribution in [3.05, 3.63) is 41.6 Å². The van der Waals surface area contributed by atoms with Crippen molar-refractivity contribution in [2.45, 2.75) is 19.1 Å². The lowest BCUT2D eigenvalue weighted by Crippen LogP contribution is -2.52. The number of ether oxygens (including phenoxy) is 2. The Balaban J connectivity index is 1.55. The molecule has 2 heterocycles. The number of carbonyl (C=O) groups is 2. The molecule has 0 unspecified atom stereocenters. The van der Waals surface area contributed by atoms with Crippen LogP contribution in [0.3, 0.4) is 0 Å². The van der Waals surface area contributed by atoms with Gasteiger partial charge in [-0.1, -0.05) is 35.5 Å². The van der Waals surface area contributed by atoms with E-state index in [1.807, 2.05) is 30.3 Å². The molecule has 2 atom stereocenters. The molecule has 2 aromatic rings. The minimum absolute atomic E-state index is 0.151. The zero-order valence-electron chi connectivity index (χ0n) is 13.6. The molecule has 0 bridgehead atoms. The Morgan fingerprint density at radius 3 is 2.88 bits per heavy atom. The SMILES string of the molecule is Cc1nonc1OCCNC(=O)[C@H]1OCC(=O)N[C@@H]1c1ccccc1. The lowest BCUT2D eigenvalue weighted by Gasteiger charge is -2.31. The second-order valence-corrected chi connectivity index (χ2v) is 5.48. The van der Waals surface area contributed by atoms with Gasteiger partial charge in [0, 0.05) is 0 Å². The van der Waals surface area contributed by atoms with Crippen LogP contribution in [-0.2, 0) is 14.3 Å². The third-order valence-electron chi connectivity index (χ3n) is 3.68. The van der Waals surface area contributed by atoms with Crippen LogP contribution in [0.5, 0.6) is 5.88 Å². The Morgan fingerprint density at radius 1 is 1.36 bits per heavy atom. The van der Waals surface area contributed by atoms with E-state index in [0.717, 1.165) is 5.56 Å². The highest BCUT2D eigenvalue weighted by Gasteiger charge is 2.35. The van der Waals surface area contributed by atoms with Gasteiger partial charge in [-0.3, -0.25) is 9.59 Å². The van der Waals surface area contributed by atoms with Crippen molar-refractivity contribution in [3.63, 3.8) is 0 Å². The summed E-state index contributed by atoms with van der Waals surface area (Å²) in [6.07, 6.45) is -0.810. The summed E-state index contributed by atoms with van der Waals surface area (Å²) < 4.78 is 15.3. The van der Waals surface area contributed by atoms with Crippen LogP contribution in [0, 0.1) is 6.92 Å². The van der Waals surface area contributed by atoms with Crippen LogP contribution in [0.15, 0.2) is 35.0 Å². The summed E-state index contributed by atoms with van der Waals surface area (Å²) in [6.45, 7) is 2.01. The van der Waals surface area contributed by atoms with Gasteiger partial charge in [-0.15, -0.1) is 0 Å². The second-order valence-electron chi connectivity index (χ2n) is 5.48. The van der Waals surface area contributed by atoms with Crippen molar-refractivity contribution in [2.24, 2.45) is 0 Å². The molecule has 0 spiro atoms. The van der Waals surface area contributed by atoms with E-state index < -0.39 is 12.1 Å². The van der Waals surface area contributed by atoms with E-state index >= 15 is 0 Å². The molecule has 3 rings (SSSR count). The maximum absolute atomic E-state index is 12.4. The summed E-state index contributed by atoms with van der Waals surface area (Å²) in [5, 5.41) is 12.7. The van der Waals surface area contributed by atoms with Crippen molar-refractivity contribution in [1.29, 1.82) is 0 Å². The number of rotatable bonds is 6. The van der Waals surface area contributed by atoms with Gasteiger partial charge < -0.3 is 20.1 Å². The highest BCUT2D eigenvalue weighted by molar-refractivity contribution is 5.86. The zero-order valence-corrected chi connectivity index (χ0v) is 13.6. The number of nitrogens with one attached hydrogen (secondary N) is 2. The van der Waals surface area contributed by atoms with Crippen molar-refractivity contribution in [1.82, 2.24) is 20.9 Å². The van der Waals surface area contributed by atoms with E-state index in [2.05, 4.69) is 25.6 Å². The average Bonchev–Trinajstić information content (AvgIpc) is 3.04. The first-order valence-electron chi connectivity index (χ1n) is 7.80. The normalized spacial score (nSPS) is 20.0. The smallest absolute Gasteiger partial charge is 0.278 e. The summed E-state index contributed by atoms with van der Waals surface area (Å²) >= 11 is 0. The molecular weight excluding hydrogens is 328 g/mol. The molecule has 1 saturated heterocycles. The molecule has 1 fully saturated rings. The summed E-state index contributed by atoms with van der Waals surface area (Å²) in [5.74, 6) is -0.291. The lowest BCUT2D eigenvalue weighted by molar-refractivity contribution is -0.148. The highest BCUT2D eigenvalue weighted by atomic mass is 16.6. The maximum atomic E-state index is 12.4. The van der Waals surface area contributed by atoms with Gasteiger partial charge >= 0.3 is 0 Å². The van der Waals surface area contributed by atoms with Crippen LogP contribution in [-0.4, -0.2) is 48.0 Å². The minimum Gasteiger partial charge on any atom is -0.472 e. The summed E-state index contributed by atoms with van der Waals surface area (Å²) in [6, 6.07) is 8.68. The molecule has 0 saturated carbocycles. The largest absolute Gasteiger partial charge is 0.472 e. The third kappa shape index (κ3) is 4.13. The van der Waals surface area contributed by atoms with Gasteiger partial charge in [0.1, 0.15) is 18.9 Å². The van der Waals surface area contributed by atoms with Crippen LogP contribution in [0.2, 0.25) is 0 Å². The van der Waals surface area contributed by atoms with Gasteiger partial charge in [0.2, 0.25) is 5.91 Å². The van der Waals surface area contributed by atoms with E-state index in [0.29, 0.717) is 5.69 Å². The molecule has 1 aromatic heterocycles. The average molecular weight is 346 g/mol. The van der Waals surface area contributed by atoms with Gasteiger partial charge in [-0.2, -0.15) is 0 Å². The predicted molar refractivity (Wildman–Crippen MR) is 84.6 cm³/mol. The molecule has 2 N–H and O–H groups in total. The topological polar surface area (TPSA) is 116 Å². The number of carbonyl (C=O) groups excluding carboxylic acids is 2. The Labute approximate surface area is 143 Å². The monoisotopic (exact) mass is 346 g/mol. The van der Waals surface area contributed by atoms with Crippen LogP contribution < -0.4 is 15.4 Å². The van der Waals surface area contributed by atoms with Crippen molar-refractivity contribution >= 4 is 11.8 Å². The van der Waals surface area contributed by atoms with Gasteiger partial charge in [0.25, 0.3) is 11.8 Å². The lowest BCUT2D eigenvalue weighted by atomic mass is 9.99. The first-order valence-corrected chi connectivity index (χ1v) is 7.80. The molecule has 1 aliphatic heterocycles. The van der Waals surface area contributed by atoms with Crippen LogP contribution in [0.4, 0.5) is 0 Å². The fraction of sp³-hybridized carbons (Fsp3) is 0.375. The third-order valence-corrected chi connectivity index (χ3v) is 3.68. The van der Waals surface area contributed by atoms with E-state index in [1.165, 1.54) is 0 Å². The van der Waals surface area contributed by atoms with Crippen LogP contribution in [0.25, 0.3) is 0 Å². The number of hydrogen-bond acceptors (Lipinski definition) is 7. The summed E-state index contributed by atoms with van der Waals surface area (Å²) in [5.41, 5.74) is 1.34. The minimum atomic E-state index is -0.810. The van der Waals surface area contributed by atoms with Crippen LogP contribution >= 0.6 is 0 Å². The Bertz CT molecular complexity index is 733. The van der Waals surface area contributed by atoms with Gasteiger partial charge in [-0.25, -0.2) is 4.63 Å². The molecule has 0 aliphatic carbocycles. The first-order chi connectivity index (χ1) is 12.1. The molecule has 2 amide bonds. The molecule has 1 aliphatic rings. The molecule has 132 valence electrons. The fourth-order valence-electron chi connectivity index (χ4n) is 2.48. The Hall–Kier alpha value is -2.94. The second kappa shape index (κ2) is 7.75. The first kappa shape index (κ1) is 16.9.